The number of halogens is 2. The van der Waals surface area contributed by atoms with Gasteiger partial charge < -0.3 is 4.90 Å². The van der Waals surface area contributed by atoms with Gasteiger partial charge in [-0.05, 0) is 42.0 Å². The minimum absolute atomic E-state index is 0.241. The number of rotatable bonds is 1. The third-order valence-electron chi connectivity index (χ3n) is 2.57. The van der Waals surface area contributed by atoms with Gasteiger partial charge in [-0.15, -0.1) is 0 Å². The summed E-state index contributed by atoms with van der Waals surface area (Å²) in [6.07, 6.45) is 3.69. The van der Waals surface area contributed by atoms with E-state index in [1.54, 1.807) is 18.2 Å². The third kappa shape index (κ3) is 1.89. The second-order valence-electron chi connectivity index (χ2n) is 3.58. The zero-order chi connectivity index (χ0) is 11.7. The second-order valence-corrected chi connectivity index (χ2v) is 3.99. The van der Waals surface area contributed by atoms with Crippen LogP contribution in [0.2, 0.25) is 0 Å². The molecule has 0 unspecified atom stereocenters. The van der Waals surface area contributed by atoms with Crippen LogP contribution in [0.1, 0.15) is 5.56 Å². The first-order valence-electron chi connectivity index (χ1n) is 4.86. The van der Waals surface area contributed by atoms with Crippen molar-refractivity contribution in [1.82, 2.24) is 4.90 Å². The van der Waals surface area contributed by atoms with Crippen LogP contribution in [0.3, 0.4) is 0 Å². The monoisotopic (exact) mass is 235 g/mol. The van der Waals surface area contributed by atoms with E-state index in [9.17, 15) is 4.39 Å². The molecule has 0 radical (unpaired) electrons. The molecule has 0 fully saturated rings. The zero-order valence-corrected chi connectivity index (χ0v) is 9.63. The van der Waals surface area contributed by atoms with Crippen LogP contribution in [-0.2, 0) is 0 Å². The Morgan fingerprint density at radius 2 is 1.81 bits per heavy atom. The summed E-state index contributed by atoms with van der Waals surface area (Å²) in [6.45, 7) is 3.88. The number of allylic oxidation sites excluding steroid dienone is 3. The van der Waals surface area contributed by atoms with Crippen molar-refractivity contribution in [2.24, 2.45) is 0 Å². The molecule has 82 valence electrons. The normalized spacial score (nSPS) is 15.9. The Labute approximate surface area is 99.1 Å². The van der Waals surface area contributed by atoms with Gasteiger partial charge in [0, 0.05) is 12.7 Å². The van der Waals surface area contributed by atoms with Gasteiger partial charge >= 0.3 is 0 Å². The molecule has 1 aromatic rings. The van der Waals surface area contributed by atoms with E-state index in [1.807, 2.05) is 18.0 Å². The summed E-state index contributed by atoms with van der Waals surface area (Å²) in [5, 5.41) is 0.619. The van der Waals surface area contributed by atoms with E-state index in [0.29, 0.717) is 5.03 Å². The minimum Gasteiger partial charge on any atom is -0.343 e. The Bertz CT molecular complexity index is 485. The first kappa shape index (κ1) is 11.0. The number of benzene rings is 1. The highest BCUT2D eigenvalue weighted by Crippen LogP contribution is 2.30. The van der Waals surface area contributed by atoms with Crippen molar-refractivity contribution in [2.75, 3.05) is 7.05 Å². The molecule has 0 aromatic heterocycles. The van der Waals surface area contributed by atoms with Crippen molar-refractivity contribution < 1.29 is 4.39 Å². The topological polar surface area (TPSA) is 3.24 Å². The maximum Gasteiger partial charge on any atom is 0.123 e. The first-order chi connectivity index (χ1) is 7.59. The predicted molar refractivity (Wildman–Crippen MR) is 65.2 cm³/mol. The van der Waals surface area contributed by atoms with Gasteiger partial charge in [-0.2, -0.15) is 0 Å². The standard InChI is InChI=1S/C13H11ClFN/c1-9-12(14)7-8-13(16(9)2)10-3-5-11(15)6-4-10/h3-8H,1H2,2H3. The van der Waals surface area contributed by atoms with Gasteiger partial charge in [-0.3, -0.25) is 0 Å². The lowest BCUT2D eigenvalue weighted by atomic mass is 10.1. The largest absolute Gasteiger partial charge is 0.343 e. The molecule has 0 aliphatic carbocycles. The van der Waals surface area contributed by atoms with Crippen LogP contribution >= 0.6 is 11.6 Å². The van der Waals surface area contributed by atoms with E-state index in [2.05, 4.69) is 6.58 Å². The zero-order valence-electron chi connectivity index (χ0n) is 8.87. The van der Waals surface area contributed by atoms with E-state index < -0.39 is 0 Å². The van der Waals surface area contributed by atoms with Crippen LogP contribution in [0, 0.1) is 5.82 Å². The summed E-state index contributed by atoms with van der Waals surface area (Å²) in [5.74, 6) is -0.241. The molecule has 1 aliphatic rings. The lowest BCUT2D eigenvalue weighted by Gasteiger charge is -2.27. The maximum absolute atomic E-state index is 12.8. The van der Waals surface area contributed by atoms with Gasteiger partial charge in [-0.1, -0.05) is 18.2 Å². The van der Waals surface area contributed by atoms with Gasteiger partial charge in [0.1, 0.15) is 5.82 Å². The van der Waals surface area contributed by atoms with Gasteiger partial charge in [0.05, 0.1) is 10.7 Å². The Hall–Kier alpha value is -1.54. The summed E-state index contributed by atoms with van der Waals surface area (Å²) < 4.78 is 12.8. The van der Waals surface area contributed by atoms with E-state index in [-0.39, 0.29) is 5.82 Å². The van der Waals surface area contributed by atoms with Crippen LogP contribution in [0.4, 0.5) is 4.39 Å². The Morgan fingerprint density at radius 3 is 2.44 bits per heavy atom. The first-order valence-corrected chi connectivity index (χ1v) is 5.24. The highest BCUT2D eigenvalue weighted by atomic mass is 35.5. The Balaban J connectivity index is 2.42. The van der Waals surface area contributed by atoms with Crippen molar-refractivity contribution in [1.29, 1.82) is 0 Å². The Morgan fingerprint density at radius 1 is 1.19 bits per heavy atom. The van der Waals surface area contributed by atoms with E-state index in [1.165, 1.54) is 12.1 Å². The molecule has 1 heterocycles. The fourth-order valence-corrected chi connectivity index (χ4v) is 1.77. The lowest BCUT2D eigenvalue weighted by molar-refractivity contribution is 0.609. The highest BCUT2D eigenvalue weighted by Gasteiger charge is 2.15. The average molecular weight is 236 g/mol. The molecule has 0 saturated heterocycles. The number of hydrogen-bond donors (Lipinski definition) is 0. The summed E-state index contributed by atoms with van der Waals surface area (Å²) in [6, 6.07) is 6.34. The quantitative estimate of drug-likeness (QED) is 0.717. The summed E-state index contributed by atoms with van der Waals surface area (Å²) in [7, 11) is 1.88. The number of likely N-dealkylation sites (N-methyl/N-ethyl adjacent to an activating group) is 1. The van der Waals surface area contributed by atoms with Crippen LogP contribution < -0.4 is 0 Å². The molecule has 0 N–H and O–H groups in total. The molecule has 2 rings (SSSR count). The molecule has 0 atom stereocenters. The number of hydrogen-bond acceptors (Lipinski definition) is 1. The molecule has 16 heavy (non-hydrogen) atoms. The van der Waals surface area contributed by atoms with Crippen molar-refractivity contribution in [3.63, 3.8) is 0 Å². The fourth-order valence-electron chi connectivity index (χ4n) is 1.58. The summed E-state index contributed by atoms with van der Waals surface area (Å²) >= 11 is 5.96. The van der Waals surface area contributed by atoms with E-state index >= 15 is 0 Å². The SMILES string of the molecule is C=C1C(Cl)=CC=C(c2ccc(F)cc2)N1C. The van der Waals surface area contributed by atoms with Crippen LogP contribution in [-0.4, -0.2) is 11.9 Å². The molecule has 0 amide bonds. The fraction of sp³-hybridized carbons (Fsp3) is 0.0769. The van der Waals surface area contributed by atoms with Crippen molar-refractivity contribution >= 4 is 17.3 Å². The van der Waals surface area contributed by atoms with Crippen LogP contribution in [0.25, 0.3) is 5.70 Å². The van der Waals surface area contributed by atoms with Crippen molar-refractivity contribution in [2.45, 2.75) is 0 Å². The minimum atomic E-state index is -0.241. The molecule has 1 nitrogen and oxygen atoms in total. The molecule has 0 bridgehead atoms. The molecule has 0 saturated carbocycles. The summed E-state index contributed by atoms with van der Waals surface area (Å²) in [5.41, 5.74) is 2.63. The van der Waals surface area contributed by atoms with Crippen molar-refractivity contribution in [3.05, 3.63) is 65.1 Å². The van der Waals surface area contributed by atoms with Crippen molar-refractivity contribution in [3.8, 4) is 0 Å². The molecule has 3 heteroatoms. The molecule has 1 aliphatic heterocycles. The highest BCUT2D eigenvalue weighted by molar-refractivity contribution is 6.32. The second kappa shape index (κ2) is 4.14. The molecular weight excluding hydrogens is 225 g/mol. The van der Waals surface area contributed by atoms with Gasteiger partial charge in [-0.25, -0.2) is 4.39 Å². The summed E-state index contributed by atoms with van der Waals surface area (Å²) in [4.78, 5) is 1.88. The lowest BCUT2D eigenvalue weighted by Crippen LogP contribution is -2.18. The van der Waals surface area contributed by atoms with Gasteiger partial charge in [0.25, 0.3) is 0 Å². The number of nitrogens with zero attached hydrogens (tertiary/aromatic N) is 1. The maximum atomic E-state index is 12.8. The average Bonchev–Trinajstić information content (AvgIpc) is 2.28. The van der Waals surface area contributed by atoms with Crippen LogP contribution in [0.15, 0.2) is 53.7 Å². The smallest absolute Gasteiger partial charge is 0.123 e. The van der Waals surface area contributed by atoms with Crippen LogP contribution in [0.5, 0.6) is 0 Å². The predicted octanol–water partition coefficient (Wildman–Crippen LogP) is 3.75. The van der Waals surface area contributed by atoms with Gasteiger partial charge in [0.15, 0.2) is 0 Å². The van der Waals surface area contributed by atoms with E-state index in [4.69, 9.17) is 11.6 Å². The molecular formula is C13H11ClFN. The molecule has 1 aromatic carbocycles. The van der Waals surface area contributed by atoms with E-state index in [0.717, 1.165) is 17.0 Å². The Kier molecular flexibility index (Phi) is 2.84. The van der Waals surface area contributed by atoms with Gasteiger partial charge in [0.2, 0.25) is 0 Å². The molecule has 0 spiro atoms. The third-order valence-corrected chi connectivity index (χ3v) is 2.91.